The normalized spacial score (nSPS) is 11.1. The summed E-state index contributed by atoms with van der Waals surface area (Å²) in [4.78, 5) is 21.1. The average molecular weight is 390 g/mol. The van der Waals surface area contributed by atoms with E-state index in [1.165, 1.54) is 11.8 Å². The summed E-state index contributed by atoms with van der Waals surface area (Å²) in [5, 5.41) is 8.70. The predicted molar refractivity (Wildman–Crippen MR) is 104 cm³/mol. The number of benzene rings is 1. The quantitative estimate of drug-likeness (QED) is 0.654. The van der Waals surface area contributed by atoms with Gasteiger partial charge < -0.3 is 5.32 Å². The van der Waals surface area contributed by atoms with E-state index in [9.17, 15) is 4.79 Å². The largest absolute Gasteiger partial charge is 0.352 e. The minimum Gasteiger partial charge on any atom is -0.352 e. The maximum Gasteiger partial charge on any atom is 0.253 e. The first-order valence-electron chi connectivity index (χ1n) is 8.26. The van der Waals surface area contributed by atoms with Gasteiger partial charge in [-0.3, -0.25) is 4.79 Å². The molecular formula is C18H20ClN5OS. The smallest absolute Gasteiger partial charge is 0.253 e. The van der Waals surface area contributed by atoms with Gasteiger partial charge in [-0.25, -0.2) is 9.50 Å². The fourth-order valence-electron chi connectivity index (χ4n) is 2.80. The summed E-state index contributed by atoms with van der Waals surface area (Å²) < 4.78 is 1.75. The zero-order valence-corrected chi connectivity index (χ0v) is 16.5. The molecule has 3 aromatic rings. The van der Waals surface area contributed by atoms with Gasteiger partial charge in [0.15, 0.2) is 0 Å². The zero-order valence-electron chi connectivity index (χ0n) is 14.9. The maximum absolute atomic E-state index is 12.2. The predicted octanol–water partition coefficient (Wildman–Crippen LogP) is 3.37. The average Bonchev–Trinajstić information content (AvgIpc) is 3.04. The highest BCUT2D eigenvalue weighted by Gasteiger charge is 2.14. The summed E-state index contributed by atoms with van der Waals surface area (Å²) in [5.74, 6) is 0.573. The molecule has 0 aliphatic rings. The Kier molecular flexibility index (Phi) is 5.78. The van der Waals surface area contributed by atoms with Gasteiger partial charge in [0.05, 0.1) is 0 Å². The van der Waals surface area contributed by atoms with E-state index in [-0.39, 0.29) is 5.91 Å². The van der Waals surface area contributed by atoms with Crippen LogP contribution in [0.15, 0.2) is 29.4 Å². The third-order valence-corrected chi connectivity index (χ3v) is 5.15. The van der Waals surface area contributed by atoms with Crippen LogP contribution >= 0.6 is 23.4 Å². The van der Waals surface area contributed by atoms with Gasteiger partial charge in [-0.2, -0.15) is 4.98 Å². The number of halogens is 1. The van der Waals surface area contributed by atoms with E-state index in [2.05, 4.69) is 20.4 Å². The number of hydrogen-bond acceptors (Lipinski definition) is 5. The van der Waals surface area contributed by atoms with Crippen molar-refractivity contribution in [3.8, 4) is 0 Å². The van der Waals surface area contributed by atoms with Crippen molar-refractivity contribution in [2.45, 2.75) is 38.4 Å². The Bertz CT molecular complexity index is 956. The minimum absolute atomic E-state index is 0.0211. The van der Waals surface area contributed by atoms with E-state index in [0.717, 1.165) is 22.5 Å². The first kappa shape index (κ1) is 18.7. The minimum atomic E-state index is -0.0211. The molecule has 26 heavy (non-hydrogen) atoms. The van der Waals surface area contributed by atoms with Crippen molar-refractivity contribution in [1.82, 2.24) is 24.9 Å². The molecule has 0 saturated heterocycles. The zero-order chi connectivity index (χ0) is 18.7. The first-order valence-corrected chi connectivity index (χ1v) is 9.86. The summed E-state index contributed by atoms with van der Waals surface area (Å²) in [7, 11) is 0. The second-order valence-electron chi connectivity index (χ2n) is 5.94. The highest BCUT2D eigenvalue weighted by Crippen LogP contribution is 2.18. The third-order valence-electron chi connectivity index (χ3n) is 4.25. The molecule has 0 spiro atoms. The second-order valence-corrected chi connectivity index (χ2v) is 7.12. The van der Waals surface area contributed by atoms with Gasteiger partial charge in [-0.1, -0.05) is 41.6 Å². The molecule has 8 heteroatoms. The fourth-order valence-corrected chi connectivity index (χ4v) is 3.34. The Hall–Kier alpha value is -2.12. The van der Waals surface area contributed by atoms with E-state index >= 15 is 0 Å². The van der Waals surface area contributed by atoms with Gasteiger partial charge in [-0.15, -0.1) is 5.10 Å². The maximum atomic E-state index is 12.2. The van der Waals surface area contributed by atoms with Crippen molar-refractivity contribution in [2.24, 2.45) is 0 Å². The summed E-state index contributed by atoms with van der Waals surface area (Å²) in [5.41, 5.74) is 3.79. The molecule has 1 aromatic carbocycles. The molecule has 3 rings (SSSR count). The topological polar surface area (TPSA) is 72.2 Å². The van der Waals surface area contributed by atoms with E-state index in [1.807, 2.05) is 44.4 Å². The van der Waals surface area contributed by atoms with Gasteiger partial charge >= 0.3 is 0 Å². The summed E-state index contributed by atoms with van der Waals surface area (Å²) in [6.45, 7) is 4.35. The monoisotopic (exact) mass is 389 g/mol. The first-order chi connectivity index (χ1) is 12.5. The Balaban J connectivity index is 1.67. The third kappa shape index (κ3) is 3.99. The number of thioether (sulfide) groups is 1. The number of hydrogen-bond donors (Lipinski definition) is 1. The van der Waals surface area contributed by atoms with Crippen LogP contribution in [0.25, 0.3) is 5.78 Å². The summed E-state index contributed by atoms with van der Waals surface area (Å²) >= 11 is 7.60. The van der Waals surface area contributed by atoms with Crippen LogP contribution in [0.3, 0.4) is 0 Å². The van der Waals surface area contributed by atoms with Crippen LogP contribution in [0.2, 0.25) is 5.02 Å². The van der Waals surface area contributed by atoms with Crippen molar-refractivity contribution in [2.75, 3.05) is 6.26 Å². The number of rotatable bonds is 6. The van der Waals surface area contributed by atoms with Gasteiger partial charge in [-0.05, 0) is 43.7 Å². The molecule has 0 bridgehead atoms. The number of aromatic nitrogens is 4. The number of carbonyl (C=O) groups excluding carboxylic acids is 1. The summed E-state index contributed by atoms with van der Waals surface area (Å²) in [6, 6.07) is 7.50. The van der Waals surface area contributed by atoms with Gasteiger partial charge in [0, 0.05) is 29.4 Å². The molecule has 0 radical (unpaired) electrons. The lowest BCUT2D eigenvalue weighted by atomic mass is 10.1. The van der Waals surface area contributed by atoms with Crippen molar-refractivity contribution in [3.63, 3.8) is 0 Å². The number of fused-ring (bicyclic) bond motifs is 1. The lowest BCUT2D eigenvalue weighted by Crippen LogP contribution is -2.23. The van der Waals surface area contributed by atoms with Crippen LogP contribution in [-0.2, 0) is 17.8 Å². The van der Waals surface area contributed by atoms with Gasteiger partial charge in [0.2, 0.25) is 11.1 Å². The van der Waals surface area contributed by atoms with Crippen LogP contribution in [0.5, 0.6) is 0 Å². The van der Waals surface area contributed by atoms with Crippen LogP contribution in [-0.4, -0.2) is 31.7 Å². The number of amides is 1. The van der Waals surface area contributed by atoms with Gasteiger partial charge in [0.25, 0.3) is 5.78 Å². The van der Waals surface area contributed by atoms with Crippen LogP contribution in [0.4, 0.5) is 0 Å². The molecule has 0 aliphatic heterocycles. The molecule has 6 nitrogen and oxygen atoms in total. The SMILES string of the molecule is CSc1nc2nc(C)c(CCC(=O)NCc3ccccc3Cl)c(C)n2n1. The standard InChI is InChI=1S/C18H20ClN5OS/c1-11-14(12(2)24-17(21-11)22-18(23-24)26-3)8-9-16(25)20-10-13-6-4-5-7-15(13)19/h4-7H,8-10H2,1-3H3,(H,20,25). The summed E-state index contributed by atoms with van der Waals surface area (Å²) in [6.07, 6.45) is 2.91. The van der Waals surface area contributed by atoms with E-state index < -0.39 is 0 Å². The molecule has 2 heterocycles. The number of aryl methyl sites for hydroxylation is 2. The van der Waals surface area contributed by atoms with Crippen molar-refractivity contribution in [1.29, 1.82) is 0 Å². The molecule has 0 fully saturated rings. The molecule has 0 atom stereocenters. The molecule has 0 unspecified atom stereocenters. The molecule has 2 aromatic heterocycles. The Morgan fingerprint density at radius 1 is 1.27 bits per heavy atom. The van der Waals surface area contributed by atoms with Crippen LogP contribution in [0, 0.1) is 13.8 Å². The molecule has 1 amide bonds. The lowest BCUT2D eigenvalue weighted by Gasteiger charge is -2.11. The van der Waals surface area contributed by atoms with Crippen LogP contribution in [0.1, 0.15) is 28.9 Å². The molecule has 1 N–H and O–H groups in total. The molecule has 0 aliphatic carbocycles. The van der Waals surface area contributed by atoms with Crippen molar-refractivity contribution >= 4 is 35.0 Å². The second kappa shape index (κ2) is 8.05. The Morgan fingerprint density at radius 3 is 2.77 bits per heavy atom. The van der Waals surface area contributed by atoms with Crippen molar-refractivity contribution < 1.29 is 4.79 Å². The van der Waals surface area contributed by atoms with Crippen LogP contribution < -0.4 is 5.32 Å². The van der Waals surface area contributed by atoms with Crippen molar-refractivity contribution in [3.05, 3.63) is 51.8 Å². The highest BCUT2D eigenvalue weighted by molar-refractivity contribution is 7.98. The molecule has 0 saturated carbocycles. The number of nitrogens with one attached hydrogen (secondary N) is 1. The fraction of sp³-hybridized carbons (Fsp3) is 0.333. The number of nitrogens with zero attached hydrogens (tertiary/aromatic N) is 4. The molecule has 136 valence electrons. The number of carbonyl (C=O) groups is 1. The lowest BCUT2D eigenvalue weighted by molar-refractivity contribution is -0.121. The van der Waals surface area contributed by atoms with E-state index in [1.54, 1.807) is 4.52 Å². The molecular weight excluding hydrogens is 370 g/mol. The highest BCUT2D eigenvalue weighted by atomic mass is 35.5. The van der Waals surface area contributed by atoms with E-state index in [0.29, 0.717) is 35.3 Å². The Morgan fingerprint density at radius 2 is 2.04 bits per heavy atom. The Labute approximate surface area is 161 Å². The van der Waals surface area contributed by atoms with E-state index in [4.69, 9.17) is 11.6 Å². The van der Waals surface area contributed by atoms with Gasteiger partial charge in [0.1, 0.15) is 0 Å².